The summed E-state index contributed by atoms with van der Waals surface area (Å²) in [6.45, 7) is 8.46. The van der Waals surface area contributed by atoms with Crippen molar-refractivity contribution in [3.63, 3.8) is 0 Å². The Kier molecular flexibility index (Phi) is 9.33. The minimum absolute atomic E-state index is 0.291. The van der Waals surface area contributed by atoms with Gasteiger partial charge in [-0.05, 0) is 70.5 Å². The number of nitrogens with zero attached hydrogens (tertiary/aromatic N) is 7. The van der Waals surface area contributed by atoms with Crippen LogP contribution in [0.25, 0.3) is 11.0 Å². The maximum atomic E-state index is 4.74. The fraction of sp³-hybridized carbons (Fsp3) is 0.244. The summed E-state index contributed by atoms with van der Waals surface area (Å²) in [5, 5.41) is 2.25. The van der Waals surface area contributed by atoms with E-state index in [1.54, 1.807) is 23.7 Å². The Morgan fingerprint density at radius 1 is 0.540 bits per heavy atom. The highest BCUT2D eigenvalue weighted by molar-refractivity contribution is 7.16. The summed E-state index contributed by atoms with van der Waals surface area (Å²) in [7, 11) is 0. The van der Waals surface area contributed by atoms with Crippen LogP contribution in [0.15, 0.2) is 116 Å². The maximum absolute atomic E-state index is 4.74. The van der Waals surface area contributed by atoms with E-state index in [9.17, 15) is 0 Å². The molecule has 0 radical (unpaired) electrons. The Morgan fingerprint density at radius 3 is 1.64 bits per heavy atom. The molecule has 9 rings (SSSR count). The SMILES string of the molecule is CC(c1ccc2nccnc2c1)c1cnc(N2CCc3ccccc3C2)s1.CC(c1ccncc1)c1cnc(N2CCc3ccccc3C2)s1. The second kappa shape index (κ2) is 14.5. The lowest BCUT2D eigenvalue weighted by molar-refractivity contribution is 0.729. The van der Waals surface area contributed by atoms with Crippen molar-refractivity contribution in [1.29, 1.82) is 0 Å². The van der Waals surface area contributed by atoms with Gasteiger partial charge in [0, 0.05) is 85.0 Å². The molecule has 0 saturated carbocycles. The van der Waals surface area contributed by atoms with E-state index in [1.165, 1.54) is 43.1 Å². The number of rotatable bonds is 6. The largest absolute Gasteiger partial charge is 0.343 e. The third-order valence-corrected chi connectivity index (χ3v) is 12.4. The third-order valence-electron chi connectivity index (χ3n) is 9.88. The number of thiazole rings is 2. The summed E-state index contributed by atoms with van der Waals surface area (Å²) in [4.78, 5) is 29.7. The van der Waals surface area contributed by atoms with E-state index in [-0.39, 0.29) is 0 Å². The van der Waals surface area contributed by atoms with Gasteiger partial charge in [-0.25, -0.2) is 9.97 Å². The van der Waals surface area contributed by atoms with Gasteiger partial charge in [0.1, 0.15) is 0 Å². The summed E-state index contributed by atoms with van der Waals surface area (Å²) in [6, 6.07) is 28.0. The van der Waals surface area contributed by atoms with Gasteiger partial charge in [0.25, 0.3) is 0 Å². The fourth-order valence-corrected chi connectivity index (χ4v) is 8.83. The lowest BCUT2D eigenvalue weighted by Gasteiger charge is -2.28. The first-order valence-corrected chi connectivity index (χ1v) is 18.9. The molecule has 6 heterocycles. The summed E-state index contributed by atoms with van der Waals surface area (Å²) in [6.07, 6.45) is 13.4. The molecule has 4 aromatic heterocycles. The van der Waals surface area contributed by atoms with Crippen LogP contribution in [-0.2, 0) is 25.9 Å². The van der Waals surface area contributed by atoms with Crippen LogP contribution in [0.5, 0.6) is 0 Å². The predicted molar refractivity (Wildman–Crippen MR) is 205 cm³/mol. The summed E-state index contributed by atoms with van der Waals surface area (Å²) in [5.74, 6) is 0.654. The first-order valence-electron chi connectivity index (χ1n) is 17.2. The smallest absolute Gasteiger partial charge is 0.185 e. The van der Waals surface area contributed by atoms with Crippen LogP contribution in [0.2, 0.25) is 0 Å². The highest BCUT2D eigenvalue weighted by Gasteiger charge is 2.22. The molecule has 0 saturated heterocycles. The van der Waals surface area contributed by atoms with Gasteiger partial charge in [0.2, 0.25) is 0 Å². The molecule has 0 fully saturated rings. The van der Waals surface area contributed by atoms with Crippen LogP contribution >= 0.6 is 22.7 Å². The van der Waals surface area contributed by atoms with E-state index in [0.29, 0.717) is 11.8 Å². The second-order valence-corrected chi connectivity index (χ2v) is 15.1. The molecule has 7 aromatic rings. The van der Waals surface area contributed by atoms with Gasteiger partial charge in [-0.1, -0.05) is 68.4 Å². The van der Waals surface area contributed by atoms with Crippen LogP contribution < -0.4 is 9.80 Å². The molecule has 0 spiro atoms. The highest BCUT2D eigenvalue weighted by Crippen LogP contribution is 2.36. The quantitative estimate of drug-likeness (QED) is 0.172. The Hall–Kier alpha value is -4.99. The van der Waals surface area contributed by atoms with Crippen LogP contribution in [0.4, 0.5) is 10.3 Å². The summed E-state index contributed by atoms with van der Waals surface area (Å²) < 4.78 is 0. The van der Waals surface area contributed by atoms with Crippen molar-refractivity contribution in [2.75, 3.05) is 22.9 Å². The Bertz CT molecular complexity index is 2210. The molecular weight excluding hydrogens is 655 g/mol. The first-order chi connectivity index (χ1) is 24.6. The molecule has 3 aromatic carbocycles. The zero-order valence-corrected chi connectivity index (χ0v) is 29.9. The van der Waals surface area contributed by atoms with Crippen molar-refractivity contribution in [2.24, 2.45) is 0 Å². The summed E-state index contributed by atoms with van der Waals surface area (Å²) >= 11 is 3.61. The molecule has 9 heteroatoms. The van der Waals surface area contributed by atoms with Gasteiger partial charge in [-0.2, -0.15) is 0 Å². The van der Waals surface area contributed by atoms with Gasteiger partial charge in [0.15, 0.2) is 10.3 Å². The zero-order chi connectivity index (χ0) is 33.9. The molecule has 2 aliphatic rings. The highest BCUT2D eigenvalue weighted by atomic mass is 32.1. The van der Waals surface area contributed by atoms with Crippen molar-refractivity contribution in [3.05, 3.63) is 159 Å². The van der Waals surface area contributed by atoms with Crippen LogP contribution in [0.3, 0.4) is 0 Å². The molecule has 7 nitrogen and oxygen atoms in total. The molecule has 2 aliphatic heterocycles. The van der Waals surface area contributed by atoms with E-state index in [1.807, 2.05) is 36.1 Å². The lowest BCUT2D eigenvalue weighted by Crippen LogP contribution is -2.30. The van der Waals surface area contributed by atoms with E-state index in [0.717, 1.165) is 60.3 Å². The Morgan fingerprint density at radius 2 is 1.06 bits per heavy atom. The predicted octanol–water partition coefficient (Wildman–Crippen LogP) is 9.05. The zero-order valence-electron chi connectivity index (χ0n) is 28.3. The second-order valence-electron chi connectivity index (χ2n) is 13.0. The molecule has 250 valence electrons. The maximum Gasteiger partial charge on any atom is 0.185 e. The van der Waals surface area contributed by atoms with Crippen molar-refractivity contribution in [1.82, 2.24) is 24.9 Å². The van der Waals surface area contributed by atoms with Crippen molar-refractivity contribution in [2.45, 2.75) is 51.6 Å². The van der Waals surface area contributed by atoms with Crippen LogP contribution in [-0.4, -0.2) is 38.0 Å². The number of hydrogen-bond acceptors (Lipinski definition) is 9. The number of aromatic nitrogens is 5. The monoisotopic (exact) mass is 693 g/mol. The van der Waals surface area contributed by atoms with E-state index < -0.39 is 0 Å². The number of hydrogen-bond donors (Lipinski definition) is 0. The molecule has 50 heavy (non-hydrogen) atoms. The van der Waals surface area contributed by atoms with Gasteiger partial charge >= 0.3 is 0 Å². The third kappa shape index (κ3) is 6.88. The molecule has 0 amide bonds. The molecule has 0 bridgehead atoms. The normalized spacial score (nSPS) is 15.1. The molecule has 2 atom stereocenters. The molecular formula is C41H39N7S2. The number of benzene rings is 3. The van der Waals surface area contributed by atoms with Crippen LogP contribution in [0, 0.1) is 0 Å². The average Bonchev–Trinajstić information content (AvgIpc) is 3.89. The molecule has 0 aliphatic carbocycles. The first kappa shape index (κ1) is 32.2. The Balaban J connectivity index is 0.000000146. The van der Waals surface area contributed by atoms with Crippen molar-refractivity contribution < 1.29 is 0 Å². The summed E-state index contributed by atoms with van der Waals surface area (Å²) in [5.41, 5.74) is 10.2. The van der Waals surface area contributed by atoms with E-state index >= 15 is 0 Å². The fourth-order valence-electron chi connectivity index (χ4n) is 6.79. The minimum atomic E-state index is 0.291. The standard InChI is InChI=1S/C22H20N4S.C19H19N3S/c1-15(17-6-7-19-20(12-17)24-10-9-23-19)21-13-25-22(27-21)26-11-8-16-4-2-3-5-18(16)14-26;1-14(15-6-9-20-10-7-15)18-12-21-19(23-18)22-11-8-16-4-2-3-5-17(16)13-22/h2-7,9-10,12-13,15H,8,11,14H2,1H3;2-7,9-10,12,14H,8,11,13H2,1H3. The molecule has 2 unspecified atom stereocenters. The van der Waals surface area contributed by atoms with E-state index in [2.05, 4.69) is 122 Å². The van der Waals surface area contributed by atoms with Crippen LogP contribution in [0.1, 0.15) is 68.8 Å². The van der Waals surface area contributed by atoms with Gasteiger partial charge in [-0.15, -0.1) is 22.7 Å². The topological polar surface area (TPSA) is 70.9 Å². The number of fused-ring (bicyclic) bond motifs is 3. The van der Waals surface area contributed by atoms with Gasteiger partial charge < -0.3 is 9.80 Å². The number of pyridine rings is 1. The van der Waals surface area contributed by atoms with Gasteiger partial charge in [-0.3, -0.25) is 15.0 Å². The molecule has 0 N–H and O–H groups in total. The van der Waals surface area contributed by atoms with Gasteiger partial charge in [0.05, 0.1) is 11.0 Å². The number of anilines is 2. The van der Waals surface area contributed by atoms with E-state index in [4.69, 9.17) is 4.98 Å². The Labute approximate surface area is 301 Å². The van der Waals surface area contributed by atoms with Crippen molar-refractivity contribution >= 4 is 44.0 Å². The van der Waals surface area contributed by atoms with Crippen molar-refractivity contribution in [3.8, 4) is 0 Å². The lowest BCUT2D eigenvalue weighted by atomic mass is 9.99. The minimum Gasteiger partial charge on any atom is -0.343 e. The average molecular weight is 694 g/mol.